The van der Waals surface area contributed by atoms with Crippen LogP contribution in [-0.2, 0) is 4.79 Å². The predicted molar refractivity (Wildman–Crippen MR) is 56.8 cm³/mol. The monoisotopic (exact) mass is 259 g/mol. The van der Waals surface area contributed by atoms with Crippen LogP contribution < -0.4 is 15.2 Å². The molecule has 0 aromatic heterocycles. The number of carbonyl (C=O) groups is 1. The lowest BCUT2D eigenvalue weighted by molar-refractivity contribution is -0.138. The standard InChI is InChI=1S/C11H11F2NO4/c12-6-3-7-10(18-2-1-17-7)8(9(6)13)5(4-14)11(15)16/h3,5H,1-2,4,14H2,(H,15,16). The molecule has 1 aromatic rings. The number of halogens is 2. The average molecular weight is 259 g/mol. The highest BCUT2D eigenvalue weighted by Crippen LogP contribution is 2.40. The Kier molecular flexibility index (Phi) is 3.33. The molecule has 1 unspecified atom stereocenters. The largest absolute Gasteiger partial charge is 0.486 e. The first-order valence-electron chi connectivity index (χ1n) is 5.26. The van der Waals surface area contributed by atoms with Crippen LogP contribution >= 0.6 is 0 Å². The Morgan fingerprint density at radius 3 is 2.72 bits per heavy atom. The van der Waals surface area contributed by atoms with Gasteiger partial charge in [-0.25, -0.2) is 8.78 Å². The fraction of sp³-hybridized carbons (Fsp3) is 0.364. The van der Waals surface area contributed by atoms with E-state index in [2.05, 4.69) is 0 Å². The Morgan fingerprint density at radius 1 is 1.44 bits per heavy atom. The smallest absolute Gasteiger partial charge is 0.312 e. The highest BCUT2D eigenvalue weighted by Gasteiger charge is 2.32. The minimum absolute atomic E-state index is 0.00477. The normalized spacial score (nSPS) is 15.3. The molecule has 7 heteroatoms. The van der Waals surface area contributed by atoms with E-state index in [1.54, 1.807) is 0 Å². The van der Waals surface area contributed by atoms with E-state index in [0.717, 1.165) is 6.07 Å². The number of fused-ring (bicyclic) bond motifs is 1. The first kappa shape index (κ1) is 12.6. The SMILES string of the molecule is NCC(C(=O)O)c1c(F)c(F)cc2c1OCCO2. The maximum atomic E-state index is 13.8. The average Bonchev–Trinajstić information content (AvgIpc) is 2.34. The Labute approximate surface area is 101 Å². The summed E-state index contributed by atoms with van der Waals surface area (Å²) in [5.74, 6) is -5.27. The van der Waals surface area contributed by atoms with E-state index in [4.69, 9.17) is 20.3 Å². The van der Waals surface area contributed by atoms with Crippen molar-refractivity contribution in [3.05, 3.63) is 23.3 Å². The van der Waals surface area contributed by atoms with Crippen LogP contribution in [0, 0.1) is 11.6 Å². The molecular formula is C11H11F2NO4. The summed E-state index contributed by atoms with van der Waals surface area (Å²) in [6, 6.07) is 0.836. The van der Waals surface area contributed by atoms with Crippen molar-refractivity contribution in [2.75, 3.05) is 19.8 Å². The second-order valence-corrected chi connectivity index (χ2v) is 3.74. The topological polar surface area (TPSA) is 81.8 Å². The fourth-order valence-corrected chi connectivity index (χ4v) is 1.81. The summed E-state index contributed by atoms with van der Waals surface area (Å²) in [6.45, 7) is -0.0363. The van der Waals surface area contributed by atoms with Crippen molar-refractivity contribution < 1.29 is 28.2 Å². The van der Waals surface area contributed by atoms with Gasteiger partial charge in [0.05, 0.1) is 5.56 Å². The first-order valence-corrected chi connectivity index (χ1v) is 5.26. The molecule has 1 aromatic carbocycles. The summed E-state index contributed by atoms with van der Waals surface area (Å²) in [4.78, 5) is 11.0. The molecule has 2 rings (SSSR count). The van der Waals surface area contributed by atoms with Gasteiger partial charge in [0.2, 0.25) is 0 Å². The third-order valence-corrected chi connectivity index (χ3v) is 2.64. The van der Waals surface area contributed by atoms with Gasteiger partial charge in [-0.2, -0.15) is 0 Å². The maximum absolute atomic E-state index is 13.8. The number of rotatable bonds is 3. The quantitative estimate of drug-likeness (QED) is 0.841. The van der Waals surface area contributed by atoms with Crippen LogP contribution in [0.25, 0.3) is 0 Å². The fourth-order valence-electron chi connectivity index (χ4n) is 1.81. The second kappa shape index (κ2) is 4.77. The lowest BCUT2D eigenvalue weighted by Gasteiger charge is -2.23. The predicted octanol–water partition coefficient (Wildman–Crippen LogP) is 0.863. The van der Waals surface area contributed by atoms with Crippen LogP contribution in [0.15, 0.2) is 6.07 Å². The van der Waals surface area contributed by atoms with Crippen molar-refractivity contribution in [2.24, 2.45) is 5.73 Å². The van der Waals surface area contributed by atoms with Gasteiger partial charge in [-0.15, -0.1) is 0 Å². The number of carboxylic acid groups (broad SMARTS) is 1. The Morgan fingerprint density at radius 2 is 2.11 bits per heavy atom. The zero-order chi connectivity index (χ0) is 13.3. The molecule has 0 bridgehead atoms. The molecule has 1 aliphatic rings. The van der Waals surface area contributed by atoms with E-state index in [9.17, 15) is 13.6 Å². The number of hydrogen-bond acceptors (Lipinski definition) is 4. The number of hydrogen-bond donors (Lipinski definition) is 2. The molecule has 0 spiro atoms. The van der Waals surface area contributed by atoms with Crippen LogP contribution in [0.3, 0.4) is 0 Å². The molecule has 1 heterocycles. The number of ether oxygens (including phenoxy) is 2. The number of carboxylic acids is 1. The molecule has 98 valence electrons. The zero-order valence-corrected chi connectivity index (χ0v) is 9.28. The summed E-state index contributed by atoms with van der Waals surface area (Å²) in [5, 5.41) is 8.98. The van der Waals surface area contributed by atoms with Gasteiger partial charge in [0.15, 0.2) is 23.1 Å². The highest BCUT2D eigenvalue weighted by molar-refractivity contribution is 5.78. The Balaban J connectivity index is 2.63. The van der Waals surface area contributed by atoms with E-state index in [-0.39, 0.29) is 31.3 Å². The second-order valence-electron chi connectivity index (χ2n) is 3.74. The molecule has 1 aliphatic heterocycles. The zero-order valence-electron chi connectivity index (χ0n) is 9.28. The molecule has 5 nitrogen and oxygen atoms in total. The van der Waals surface area contributed by atoms with Gasteiger partial charge < -0.3 is 20.3 Å². The van der Waals surface area contributed by atoms with Gasteiger partial charge in [-0.05, 0) is 0 Å². The molecule has 3 N–H and O–H groups in total. The lowest BCUT2D eigenvalue weighted by Crippen LogP contribution is -2.26. The van der Waals surface area contributed by atoms with Crippen molar-refractivity contribution in [3.63, 3.8) is 0 Å². The van der Waals surface area contributed by atoms with Crippen LogP contribution in [-0.4, -0.2) is 30.8 Å². The summed E-state index contributed by atoms with van der Waals surface area (Å²) in [7, 11) is 0. The van der Waals surface area contributed by atoms with E-state index in [0.29, 0.717) is 0 Å². The summed E-state index contributed by atoms with van der Waals surface area (Å²) >= 11 is 0. The van der Waals surface area contributed by atoms with Gasteiger partial charge >= 0.3 is 5.97 Å². The molecule has 0 amide bonds. The van der Waals surface area contributed by atoms with Crippen molar-refractivity contribution in [1.82, 2.24) is 0 Å². The lowest BCUT2D eigenvalue weighted by atomic mass is 9.96. The van der Waals surface area contributed by atoms with Crippen LogP contribution in [0.4, 0.5) is 8.78 Å². The van der Waals surface area contributed by atoms with Gasteiger partial charge in [0, 0.05) is 12.6 Å². The van der Waals surface area contributed by atoms with Crippen LogP contribution in [0.1, 0.15) is 11.5 Å². The number of aliphatic carboxylic acids is 1. The third-order valence-electron chi connectivity index (χ3n) is 2.64. The highest BCUT2D eigenvalue weighted by atomic mass is 19.2. The molecule has 18 heavy (non-hydrogen) atoms. The van der Waals surface area contributed by atoms with Crippen LogP contribution in [0.5, 0.6) is 11.5 Å². The maximum Gasteiger partial charge on any atom is 0.312 e. The van der Waals surface area contributed by atoms with E-state index in [1.807, 2.05) is 0 Å². The molecule has 0 saturated heterocycles. The summed E-state index contributed by atoms with van der Waals surface area (Å²) in [6.07, 6.45) is 0. The van der Waals surface area contributed by atoms with Crippen LogP contribution in [0.2, 0.25) is 0 Å². The van der Waals surface area contributed by atoms with Gasteiger partial charge in [0.25, 0.3) is 0 Å². The van der Waals surface area contributed by atoms with E-state index < -0.39 is 29.1 Å². The van der Waals surface area contributed by atoms with Crippen molar-refractivity contribution >= 4 is 5.97 Å². The molecule has 0 fully saturated rings. The van der Waals surface area contributed by atoms with Gasteiger partial charge in [0.1, 0.15) is 19.1 Å². The van der Waals surface area contributed by atoms with E-state index in [1.165, 1.54) is 0 Å². The van der Waals surface area contributed by atoms with E-state index >= 15 is 0 Å². The molecule has 1 atom stereocenters. The summed E-state index contributed by atoms with van der Waals surface area (Å²) in [5.41, 5.74) is 4.89. The number of nitrogens with two attached hydrogens (primary N) is 1. The Bertz CT molecular complexity index is 492. The molecule has 0 saturated carbocycles. The summed E-state index contributed by atoms with van der Waals surface area (Å²) < 4.78 is 37.4. The van der Waals surface area contributed by atoms with Crippen molar-refractivity contribution in [1.29, 1.82) is 0 Å². The minimum Gasteiger partial charge on any atom is -0.486 e. The molecule has 0 radical (unpaired) electrons. The molecule has 0 aliphatic carbocycles. The van der Waals surface area contributed by atoms with Gasteiger partial charge in [-0.3, -0.25) is 4.79 Å². The first-order chi connectivity index (χ1) is 8.56. The number of benzene rings is 1. The minimum atomic E-state index is -1.38. The van der Waals surface area contributed by atoms with Crippen molar-refractivity contribution in [2.45, 2.75) is 5.92 Å². The third kappa shape index (κ3) is 1.97. The van der Waals surface area contributed by atoms with Gasteiger partial charge in [-0.1, -0.05) is 0 Å². The molecular weight excluding hydrogens is 248 g/mol. The van der Waals surface area contributed by atoms with Crippen molar-refractivity contribution in [3.8, 4) is 11.5 Å². The Hall–Kier alpha value is -1.89.